The number of carbonyl (C=O) groups is 1. The van der Waals surface area contributed by atoms with Gasteiger partial charge < -0.3 is 4.90 Å². The van der Waals surface area contributed by atoms with Crippen molar-refractivity contribution in [3.05, 3.63) is 65.1 Å². The summed E-state index contributed by atoms with van der Waals surface area (Å²) in [5.41, 5.74) is 3.94. The smallest absolute Gasteiger partial charge is 0.253 e. The highest BCUT2D eigenvalue weighted by molar-refractivity contribution is 5.94. The standard InChI is InChI=1S/C20H22N4O/c1-14-11-15(2)13-17(12-14)20(25)23-9-6-16(7-10-23)19-22-21-18-5-3-4-8-24(18)19/h3-5,8,11-13,16H,6-7,9-10H2,1-2H3. The van der Waals surface area contributed by atoms with E-state index in [-0.39, 0.29) is 5.91 Å². The van der Waals surface area contributed by atoms with E-state index < -0.39 is 0 Å². The van der Waals surface area contributed by atoms with Crippen LogP contribution in [0.3, 0.4) is 0 Å². The summed E-state index contributed by atoms with van der Waals surface area (Å²) in [6.07, 6.45) is 3.86. The van der Waals surface area contributed by atoms with Crippen LogP contribution in [0.15, 0.2) is 42.6 Å². The third-order valence-electron chi connectivity index (χ3n) is 4.96. The van der Waals surface area contributed by atoms with Gasteiger partial charge in [-0.05, 0) is 51.0 Å². The van der Waals surface area contributed by atoms with Gasteiger partial charge in [0, 0.05) is 30.8 Å². The molecule has 0 unspecified atom stereocenters. The lowest BCUT2D eigenvalue weighted by Crippen LogP contribution is -2.38. The Balaban J connectivity index is 1.48. The molecule has 0 saturated carbocycles. The maximum atomic E-state index is 12.8. The van der Waals surface area contributed by atoms with Crippen LogP contribution in [0.4, 0.5) is 0 Å². The molecule has 1 aliphatic rings. The van der Waals surface area contributed by atoms with Gasteiger partial charge in [0.1, 0.15) is 5.82 Å². The summed E-state index contributed by atoms with van der Waals surface area (Å²) >= 11 is 0. The number of piperidine rings is 1. The van der Waals surface area contributed by atoms with Crippen molar-refractivity contribution in [1.29, 1.82) is 0 Å². The molecule has 5 heteroatoms. The summed E-state index contributed by atoms with van der Waals surface area (Å²) in [7, 11) is 0. The van der Waals surface area contributed by atoms with Crippen LogP contribution in [0.1, 0.15) is 46.1 Å². The molecule has 1 fully saturated rings. The first kappa shape index (κ1) is 15.8. The van der Waals surface area contributed by atoms with Crippen LogP contribution in [0, 0.1) is 13.8 Å². The van der Waals surface area contributed by atoms with Crippen molar-refractivity contribution in [3.63, 3.8) is 0 Å². The number of rotatable bonds is 2. The molecule has 0 N–H and O–H groups in total. The number of hydrogen-bond donors (Lipinski definition) is 0. The van der Waals surface area contributed by atoms with E-state index in [9.17, 15) is 4.79 Å². The molecule has 1 aromatic carbocycles. The van der Waals surface area contributed by atoms with Crippen molar-refractivity contribution >= 4 is 11.6 Å². The van der Waals surface area contributed by atoms with E-state index in [4.69, 9.17) is 0 Å². The van der Waals surface area contributed by atoms with E-state index in [0.29, 0.717) is 5.92 Å². The number of hydrogen-bond acceptors (Lipinski definition) is 3. The average molecular weight is 334 g/mol. The maximum absolute atomic E-state index is 12.8. The monoisotopic (exact) mass is 334 g/mol. The Morgan fingerprint density at radius 1 is 1.04 bits per heavy atom. The molecule has 4 rings (SSSR count). The van der Waals surface area contributed by atoms with Gasteiger partial charge in [-0.2, -0.15) is 0 Å². The van der Waals surface area contributed by atoms with Gasteiger partial charge in [-0.15, -0.1) is 10.2 Å². The van der Waals surface area contributed by atoms with Gasteiger partial charge in [0.15, 0.2) is 5.65 Å². The van der Waals surface area contributed by atoms with Crippen LogP contribution in [0.2, 0.25) is 0 Å². The number of likely N-dealkylation sites (tertiary alicyclic amines) is 1. The zero-order chi connectivity index (χ0) is 17.4. The lowest BCUT2D eigenvalue weighted by atomic mass is 9.95. The highest BCUT2D eigenvalue weighted by atomic mass is 16.2. The van der Waals surface area contributed by atoms with Crippen LogP contribution in [-0.2, 0) is 0 Å². The van der Waals surface area contributed by atoms with Gasteiger partial charge in [0.2, 0.25) is 0 Å². The van der Waals surface area contributed by atoms with Crippen LogP contribution >= 0.6 is 0 Å². The zero-order valence-electron chi connectivity index (χ0n) is 14.6. The molecular formula is C20H22N4O. The minimum Gasteiger partial charge on any atom is -0.339 e. The summed E-state index contributed by atoms with van der Waals surface area (Å²) in [5, 5.41) is 8.63. The first-order valence-corrected chi connectivity index (χ1v) is 8.79. The molecule has 0 spiro atoms. The molecule has 128 valence electrons. The van der Waals surface area contributed by atoms with Crippen molar-refractivity contribution in [3.8, 4) is 0 Å². The molecule has 0 aliphatic carbocycles. The molecular weight excluding hydrogens is 312 g/mol. The number of amides is 1. The summed E-state index contributed by atoms with van der Waals surface area (Å²) in [6.45, 7) is 5.59. The Labute approximate surface area is 147 Å². The van der Waals surface area contributed by atoms with E-state index in [1.54, 1.807) is 0 Å². The molecule has 0 bridgehead atoms. The molecule has 5 nitrogen and oxygen atoms in total. The predicted octanol–water partition coefficient (Wildman–Crippen LogP) is 3.37. The number of aromatic nitrogens is 3. The third kappa shape index (κ3) is 3.02. The topological polar surface area (TPSA) is 50.5 Å². The van der Waals surface area contributed by atoms with Gasteiger partial charge in [0.05, 0.1) is 0 Å². The molecule has 3 aromatic rings. The van der Waals surface area contributed by atoms with E-state index in [1.165, 1.54) is 0 Å². The van der Waals surface area contributed by atoms with E-state index in [0.717, 1.165) is 54.1 Å². The minimum absolute atomic E-state index is 0.136. The highest BCUT2D eigenvalue weighted by Crippen LogP contribution is 2.28. The van der Waals surface area contributed by atoms with Crippen LogP contribution < -0.4 is 0 Å². The van der Waals surface area contributed by atoms with E-state index in [1.807, 2.05) is 55.3 Å². The van der Waals surface area contributed by atoms with Gasteiger partial charge in [-0.1, -0.05) is 23.3 Å². The van der Waals surface area contributed by atoms with Crippen molar-refractivity contribution < 1.29 is 4.79 Å². The molecule has 25 heavy (non-hydrogen) atoms. The normalized spacial score (nSPS) is 15.7. The van der Waals surface area contributed by atoms with Gasteiger partial charge in [-0.25, -0.2) is 0 Å². The summed E-state index contributed by atoms with van der Waals surface area (Å²) in [6, 6.07) is 12.0. The number of benzene rings is 1. The quantitative estimate of drug-likeness (QED) is 0.722. The second-order valence-corrected chi connectivity index (χ2v) is 6.93. The fourth-order valence-electron chi connectivity index (χ4n) is 3.76. The lowest BCUT2D eigenvalue weighted by Gasteiger charge is -2.31. The van der Waals surface area contributed by atoms with Crippen molar-refractivity contribution in [2.24, 2.45) is 0 Å². The van der Waals surface area contributed by atoms with Crippen LogP contribution in [-0.4, -0.2) is 38.5 Å². The predicted molar refractivity (Wildman–Crippen MR) is 96.8 cm³/mol. The third-order valence-corrected chi connectivity index (χ3v) is 4.96. The van der Waals surface area contributed by atoms with Crippen molar-refractivity contribution in [1.82, 2.24) is 19.5 Å². The zero-order valence-corrected chi connectivity index (χ0v) is 14.6. The molecule has 0 radical (unpaired) electrons. The number of pyridine rings is 1. The van der Waals surface area contributed by atoms with Crippen molar-refractivity contribution in [2.75, 3.05) is 13.1 Å². The summed E-state index contributed by atoms with van der Waals surface area (Å²) in [4.78, 5) is 14.8. The Morgan fingerprint density at radius 3 is 2.48 bits per heavy atom. The van der Waals surface area contributed by atoms with Crippen molar-refractivity contribution in [2.45, 2.75) is 32.6 Å². The molecule has 0 atom stereocenters. The van der Waals surface area contributed by atoms with Crippen LogP contribution in [0.25, 0.3) is 5.65 Å². The fraction of sp³-hybridized carbons (Fsp3) is 0.350. The van der Waals surface area contributed by atoms with E-state index in [2.05, 4.69) is 20.7 Å². The summed E-state index contributed by atoms with van der Waals surface area (Å²) in [5.74, 6) is 1.49. The second-order valence-electron chi connectivity index (χ2n) is 6.93. The molecule has 1 saturated heterocycles. The molecule has 2 aromatic heterocycles. The summed E-state index contributed by atoms with van der Waals surface area (Å²) < 4.78 is 2.06. The van der Waals surface area contributed by atoms with Gasteiger partial charge >= 0.3 is 0 Å². The number of aryl methyl sites for hydroxylation is 2. The van der Waals surface area contributed by atoms with Crippen LogP contribution in [0.5, 0.6) is 0 Å². The first-order chi connectivity index (χ1) is 12.1. The largest absolute Gasteiger partial charge is 0.339 e. The lowest BCUT2D eigenvalue weighted by molar-refractivity contribution is 0.0710. The first-order valence-electron chi connectivity index (χ1n) is 8.79. The molecule has 1 aliphatic heterocycles. The average Bonchev–Trinajstić information content (AvgIpc) is 3.04. The molecule has 3 heterocycles. The highest BCUT2D eigenvalue weighted by Gasteiger charge is 2.27. The Bertz CT molecular complexity index is 902. The molecule has 1 amide bonds. The Morgan fingerprint density at radius 2 is 1.76 bits per heavy atom. The minimum atomic E-state index is 0.136. The fourth-order valence-corrected chi connectivity index (χ4v) is 3.76. The number of nitrogens with zero attached hydrogens (tertiary/aromatic N) is 4. The Hall–Kier alpha value is -2.69. The maximum Gasteiger partial charge on any atom is 0.253 e. The SMILES string of the molecule is Cc1cc(C)cc(C(=O)N2CCC(c3nnc4ccccn34)CC2)c1. The number of fused-ring (bicyclic) bond motifs is 1. The Kier molecular flexibility index (Phi) is 3.99. The van der Waals surface area contributed by atoms with Gasteiger partial charge in [0.25, 0.3) is 5.91 Å². The second kappa shape index (κ2) is 6.31. The van der Waals surface area contributed by atoms with E-state index >= 15 is 0 Å². The van der Waals surface area contributed by atoms with Gasteiger partial charge in [-0.3, -0.25) is 9.20 Å². The number of carbonyl (C=O) groups excluding carboxylic acids is 1.